The highest BCUT2D eigenvalue weighted by atomic mass is 14.7. The second-order valence-corrected chi connectivity index (χ2v) is 2.58. The van der Waals surface area contributed by atoms with Crippen molar-refractivity contribution in [3.63, 3.8) is 0 Å². The molecule has 0 saturated heterocycles. The Morgan fingerprint density at radius 3 is 3.00 bits per heavy atom. The maximum atomic E-state index is 4.10. The second-order valence-electron chi connectivity index (χ2n) is 2.58. The lowest BCUT2D eigenvalue weighted by molar-refractivity contribution is 1.19. The molecule has 62 valence electrons. The molecule has 0 saturated carbocycles. The van der Waals surface area contributed by atoms with Crippen LogP contribution in [-0.4, -0.2) is 10.7 Å². The van der Waals surface area contributed by atoms with Gasteiger partial charge in [0.2, 0.25) is 0 Å². The van der Waals surface area contributed by atoms with Crippen molar-refractivity contribution in [2.75, 3.05) is 0 Å². The molecule has 0 unspecified atom stereocenters. The fourth-order valence-corrected chi connectivity index (χ4v) is 0.982. The Kier molecular flexibility index (Phi) is 2.75. The predicted molar refractivity (Wildman–Crippen MR) is 51.4 cm³/mol. The van der Waals surface area contributed by atoms with Gasteiger partial charge in [-0.1, -0.05) is 6.58 Å². The minimum atomic E-state index is 0.968. The number of aliphatic imine (C=N–C) groups is 1. The van der Waals surface area contributed by atoms with Gasteiger partial charge < -0.3 is 0 Å². The number of aryl methyl sites for hydroxylation is 1. The summed E-state index contributed by atoms with van der Waals surface area (Å²) in [6, 6.07) is 3.94. The largest absolute Gasteiger partial charge is 0.262 e. The smallest absolute Gasteiger partial charge is 0.0445 e. The number of hydrogen-bond acceptors (Lipinski definition) is 2. The first-order valence-corrected chi connectivity index (χ1v) is 3.82. The Bertz CT molecular complexity index is 313. The highest BCUT2D eigenvalue weighted by Crippen LogP contribution is 2.02. The van der Waals surface area contributed by atoms with Crippen LogP contribution in [-0.2, 0) is 0 Å². The van der Waals surface area contributed by atoms with Gasteiger partial charge in [-0.15, -0.1) is 0 Å². The molecule has 2 heteroatoms. The molecule has 1 aromatic rings. The van der Waals surface area contributed by atoms with E-state index in [4.69, 9.17) is 0 Å². The van der Waals surface area contributed by atoms with Gasteiger partial charge in [-0.2, -0.15) is 0 Å². The van der Waals surface area contributed by atoms with Gasteiger partial charge in [-0.3, -0.25) is 9.98 Å². The van der Waals surface area contributed by atoms with Crippen LogP contribution in [0.25, 0.3) is 0 Å². The summed E-state index contributed by atoms with van der Waals surface area (Å²) in [4.78, 5) is 8.19. The fourth-order valence-electron chi connectivity index (χ4n) is 0.982. The summed E-state index contributed by atoms with van der Waals surface area (Å²) in [7, 11) is 0. The molecule has 0 amide bonds. The summed E-state index contributed by atoms with van der Waals surface area (Å²) < 4.78 is 0. The van der Waals surface area contributed by atoms with Crippen LogP contribution in [0.3, 0.4) is 0 Å². The van der Waals surface area contributed by atoms with Gasteiger partial charge >= 0.3 is 0 Å². The third kappa shape index (κ3) is 2.02. The summed E-state index contributed by atoms with van der Waals surface area (Å²) >= 11 is 0. The van der Waals surface area contributed by atoms with Crippen LogP contribution >= 0.6 is 0 Å². The van der Waals surface area contributed by atoms with E-state index >= 15 is 0 Å². The lowest BCUT2D eigenvalue weighted by atomic mass is 10.1. The van der Waals surface area contributed by atoms with Crippen molar-refractivity contribution in [2.24, 2.45) is 4.99 Å². The molecule has 0 aliphatic rings. The Hall–Kier alpha value is -1.44. The average molecular weight is 160 g/mol. The molecular weight excluding hydrogens is 148 g/mol. The van der Waals surface area contributed by atoms with Gasteiger partial charge in [0.25, 0.3) is 0 Å². The zero-order valence-electron chi connectivity index (χ0n) is 7.41. The van der Waals surface area contributed by atoms with Gasteiger partial charge in [0.05, 0.1) is 0 Å². The minimum absolute atomic E-state index is 0.968. The van der Waals surface area contributed by atoms with Crippen LogP contribution in [0.4, 0.5) is 0 Å². The first-order valence-electron chi connectivity index (χ1n) is 3.82. The van der Waals surface area contributed by atoms with Crippen LogP contribution in [0.1, 0.15) is 18.2 Å². The van der Waals surface area contributed by atoms with Crippen molar-refractivity contribution >= 4 is 5.71 Å². The number of hydrogen-bond donors (Lipinski definition) is 0. The summed E-state index contributed by atoms with van der Waals surface area (Å²) in [5, 5.41) is 0. The topological polar surface area (TPSA) is 25.2 Å². The van der Waals surface area contributed by atoms with E-state index in [0.29, 0.717) is 0 Å². The van der Waals surface area contributed by atoms with Crippen molar-refractivity contribution < 1.29 is 0 Å². The van der Waals surface area contributed by atoms with E-state index < -0.39 is 0 Å². The van der Waals surface area contributed by atoms with Crippen LogP contribution in [0.15, 0.2) is 36.1 Å². The van der Waals surface area contributed by atoms with Crippen molar-refractivity contribution in [3.05, 3.63) is 42.4 Å². The molecule has 0 radical (unpaired) electrons. The first-order chi connectivity index (χ1) is 5.74. The standard InChI is InChI=1S/C10H12N2/c1-4-11-9(3)10-5-6-12-8(2)7-10/h4-7H,1H2,2-3H3. The summed E-state index contributed by atoms with van der Waals surface area (Å²) in [6.45, 7) is 7.46. The van der Waals surface area contributed by atoms with Crippen molar-refractivity contribution in [1.82, 2.24) is 4.98 Å². The van der Waals surface area contributed by atoms with Crippen LogP contribution in [0.2, 0.25) is 0 Å². The maximum absolute atomic E-state index is 4.10. The minimum Gasteiger partial charge on any atom is -0.262 e. The van der Waals surface area contributed by atoms with E-state index in [0.717, 1.165) is 17.0 Å². The van der Waals surface area contributed by atoms with Gasteiger partial charge in [0.15, 0.2) is 0 Å². The third-order valence-electron chi connectivity index (χ3n) is 1.60. The molecule has 0 atom stereocenters. The van der Waals surface area contributed by atoms with Gasteiger partial charge in [-0.05, 0) is 31.5 Å². The third-order valence-corrected chi connectivity index (χ3v) is 1.60. The molecule has 0 N–H and O–H groups in total. The fraction of sp³-hybridized carbons (Fsp3) is 0.200. The monoisotopic (exact) mass is 160 g/mol. The molecule has 0 aromatic carbocycles. The van der Waals surface area contributed by atoms with Crippen molar-refractivity contribution in [2.45, 2.75) is 13.8 Å². The van der Waals surface area contributed by atoms with E-state index in [9.17, 15) is 0 Å². The SMILES string of the molecule is C=CN=C(C)c1ccnc(C)c1. The Morgan fingerprint density at radius 2 is 2.42 bits per heavy atom. The van der Waals surface area contributed by atoms with Gasteiger partial charge in [0, 0.05) is 23.8 Å². The second kappa shape index (κ2) is 3.81. The normalized spacial score (nSPS) is 11.3. The molecule has 12 heavy (non-hydrogen) atoms. The molecule has 0 aliphatic carbocycles. The van der Waals surface area contributed by atoms with Crippen LogP contribution < -0.4 is 0 Å². The van der Waals surface area contributed by atoms with E-state index in [-0.39, 0.29) is 0 Å². The molecule has 0 fully saturated rings. The average Bonchev–Trinajstić information content (AvgIpc) is 2.05. The van der Waals surface area contributed by atoms with Gasteiger partial charge in [-0.25, -0.2) is 0 Å². The molecule has 0 spiro atoms. The first kappa shape index (κ1) is 8.65. The lowest BCUT2D eigenvalue weighted by Crippen LogP contribution is -1.94. The molecule has 1 heterocycles. The summed E-state index contributed by atoms with van der Waals surface area (Å²) in [5.74, 6) is 0. The summed E-state index contributed by atoms with van der Waals surface area (Å²) in [5.41, 5.74) is 3.07. The molecule has 2 nitrogen and oxygen atoms in total. The molecule has 0 aliphatic heterocycles. The summed E-state index contributed by atoms with van der Waals surface area (Å²) in [6.07, 6.45) is 3.33. The van der Waals surface area contributed by atoms with Crippen LogP contribution in [0.5, 0.6) is 0 Å². The Morgan fingerprint density at radius 1 is 1.67 bits per heavy atom. The Balaban J connectivity index is 3.03. The molecule has 1 aromatic heterocycles. The number of rotatable bonds is 2. The molecular formula is C10H12N2. The van der Waals surface area contributed by atoms with Crippen LogP contribution in [0, 0.1) is 6.92 Å². The predicted octanol–water partition coefficient (Wildman–Crippen LogP) is 2.34. The number of nitrogens with zero attached hydrogens (tertiary/aromatic N) is 2. The number of aromatic nitrogens is 1. The van der Waals surface area contributed by atoms with E-state index in [1.54, 1.807) is 12.4 Å². The lowest BCUT2D eigenvalue weighted by Gasteiger charge is -1.99. The van der Waals surface area contributed by atoms with Crippen molar-refractivity contribution in [3.8, 4) is 0 Å². The van der Waals surface area contributed by atoms with E-state index in [2.05, 4.69) is 16.6 Å². The number of pyridine rings is 1. The van der Waals surface area contributed by atoms with E-state index in [1.165, 1.54) is 0 Å². The zero-order chi connectivity index (χ0) is 8.97. The van der Waals surface area contributed by atoms with E-state index in [1.807, 2.05) is 26.0 Å². The molecule has 0 bridgehead atoms. The van der Waals surface area contributed by atoms with Crippen molar-refractivity contribution in [1.29, 1.82) is 0 Å². The quantitative estimate of drug-likeness (QED) is 0.609. The highest BCUT2D eigenvalue weighted by molar-refractivity contribution is 5.98. The van der Waals surface area contributed by atoms with Gasteiger partial charge in [0.1, 0.15) is 0 Å². The molecule has 1 rings (SSSR count). The maximum Gasteiger partial charge on any atom is 0.0445 e. The Labute approximate surface area is 72.7 Å². The highest BCUT2D eigenvalue weighted by Gasteiger charge is 1.95. The zero-order valence-corrected chi connectivity index (χ0v) is 7.41.